The second-order valence-electron chi connectivity index (χ2n) is 5.02. The highest BCUT2D eigenvalue weighted by Gasteiger charge is 2.14. The van der Waals surface area contributed by atoms with E-state index in [1.54, 1.807) is 0 Å². The number of nitrogens with zero attached hydrogens (tertiary/aromatic N) is 2. The van der Waals surface area contributed by atoms with Crippen LogP contribution in [0.5, 0.6) is 0 Å². The van der Waals surface area contributed by atoms with Gasteiger partial charge in [0.05, 0.1) is 12.2 Å². The highest BCUT2D eigenvalue weighted by Crippen LogP contribution is 2.16. The topological polar surface area (TPSA) is 29.9 Å². The van der Waals surface area contributed by atoms with Crippen LogP contribution in [0.4, 0.5) is 4.39 Å². The van der Waals surface area contributed by atoms with Crippen molar-refractivity contribution in [3.05, 3.63) is 17.0 Å². The van der Waals surface area contributed by atoms with Crippen LogP contribution in [0.1, 0.15) is 44.6 Å². The molecule has 4 heteroatoms. The van der Waals surface area contributed by atoms with E-state index in [1.807, 2.05) is 4.68 Å². The van der Waals surface area contributed by atoms with Crippen LogP contribution in [0.3, 0.4) is 0 Å². The van der Waals surface area contributed by atoms with E-state index in [0.29, 0.717) is 12.5 Å². The molecule has 0 amide bonds. The number of aryl methyl sites for hydroxylation is 2. The van der Waals surface area contributed by atoms with Crippen molar-refractivity contribution in [2.75, 3.05) is 13.2 Å². The number of rotatable bonds is 8. The number of hydrogen-bond acceptors (Lipinski definition) is 2. The predicted molar refractivity (Wildman–Crippen MR) is 73.5 cm³/mol. The van der Waals surface area contributed by atoms with Gasteiger partial charge in [-0.1, -0.05) is 27.7 Å². The number of hydrogen-bond donors (Lipinski definition) is 1. The van der Waals surface area contributed by atoms with E-state index in [9.17, 15) is 4.39 Å². The Hall–Kier alpha value is -0.900. The van der Waals surface area contributed by atoms with Crippen molar-refractivity contribution in [3.8, 4) is 0 Å². The summed E-state index contributed by atoms with van der Waals surface area (Å²) in [6.07, 6.45) is 1.82. The van der Waals surface area contributed by atoms with Gasteiger partial charge in [-0.25, -0.2) is 4.39 Å². The molecule has 0 aliphatic rings. The molecule has 104 valence electrons. The molecule has 0 aliphatic heterocycles. The zero-order valence-corrected chi connectivity index (χ0v) is 12.1. The highest BCUT2D eigenvalue weighted by molar-refractivity contribution is 5.26. The van der Waals surface area contributed by atoms with Crippen LogP contribution in [0, 0.1) is 5.92 Å². The van der Waals surface area contributed by atoms with Crippen LogP contribution in [-0.4, -0.2) is 23.0 Å². The van der Waals surface area contributed by atoms with Crippen LogP contribution in [0.25, 0.3) is 0 Å². The van der Waals surface area contributed by atoms with E-state index in [-0.39, 0.29) is 6.67 Å². The molecule has 0 bridgehead atoms. The molecule has 0 atom stereocenters. The maximum atomic E-state index is 12.5. The predicted octanol–water partition coefficient (Wildman–Crippen LogP) is 2.72. The van der Waals surface area contributed by atoms with Gasteiger partial charge in [0.25, 0.3) is 0 Å². The molecule has 1 N–H and O–H groups in total. The molecule has 0 spiro atoms. The lowest BCUT2D eigenvalue weighted by Crippen LogP contribution is -2.20. The molecule has 1 aromatic heterocycles. The summed E-state index contributed by atoms with van der Waals surface area (Å²) in [5.74, 6) is 0.640. The van der Waals surface area contributed by atoms with Crippen molar-refractivity contribution in [1.82, 2.24) is 15.1 Å². The molecule has 0 unspecified atom stereocenters. The molecular weight excluding hydrogens is 229 g/mol. The summed E-state index contributed by atoms with van der Waals surface area (Å²) < 4.78 is 14.4. The molecule has 1 aromatic rings. The first kappa shape index (κ1) is 15.2. The van der Waals surface area contributed by atoms with Gasteiger partial charge in [0.15, 0.2) is 0 Å². The Bertz CT molecular complexity index is 358. The van der Waals surface area contributed by atoms with Gasteiger partial charge in [-0.15, -0.1) is 0 Å². The summed E-state index contributed by atoms with van der Waals surface area (Å²) in [4.78, 5) is 0. The zero-order valence-electron chi connectivity index (χ0n) is 12.1. The Balaban J connectivity index is 2.85. The van der Waals surface area contributed by atoms with E-state index in [2.05, 4.69) is 38.1 Å². The number of aromatic nitrogens is 2. The summed E-state index contributed by atoms with van der Waals surface area (Å²) in [7, 11) is 0. The van der Waals surface area contributed by atoms with Crippen LogP contribution in [0.2, 0.25) is 0 Å². The first-order chi connectivity index (χ1) is 8.63. The number of nitrogens with one attached hydrogen (secondary N) is 1. The van der Waals surface area contributed by atoms with E-state index in [1.165, 1.54) is 11.3 Å². The van der Waals surface area contributed by atoms with Gasteiger partial charge >= 0.3 is 0 Å². The van der Waals surface area contributed by atoms with Crippen molar-refractivity contribution in [3.63, 3.8) is 0 Å². The summed E-state index contributed by atoms with van der Waals surface area (Å²) in [6, 6.07) is 0. The lowest BCUT2D eigenvalue weighted by atomic mass is 10.1. The quantitative estimate of drug-likeness (QED) is 0.774. The van der Waals surface area contributed by atoms with Gasteiger partial charge in [-0.3, -0.25) is 4.68 Å². The fourth-order valence-electron chi connectivity index (χ4n) is 2.22. The van der Waals surface area contributed by atoms with Gasteiger partial charge in [-0.2, -0.15) is 5.10 Å². The molecule has 0 fully saturated rings. The lowest BCUT2D eigenvalue weighted by Gasteiger charge is -2.09. The number of alkyl halides is 1. The first-order valence-corrected chi connectivity index (χ1v) is 6.98. The molecule has 3 nitrogen and oxygen atoms in total. The van der Waals surface area contributed by atoms with Crippen LogP contribution in [-0.2, 0) is 25.9 Å². The van der Waals surface area contributed by atoms with Gasteiger partial charge in [-0.05, 0) is 25.3 Å². The van der Waals surface area contributed by atoms with Crippen LogP contribution < -0.4 is 5.32 Å². The van der Waals surface area contributed by atoms with Crippen molar-refractivity contribution < 1.29 is 4.39 Å². The van der Waals surface area contributed by atoms with E-state index in [4.69, 9.17) is 0 Å². The minimum atomic E-state index is -0.350. The highest BCUT2D eigenvalue weighted by atomic mass is 19.1. The van der Waals surface area contributed by atoms with E-state index in [0.717, 1.165) is 31.6 Å². The standard InChI is InChI=1S/C14H26FN3/c1-5-13-12(10-16-9-11(3)4)14(6-2)18(17-13)8-7-15/h11,16H,5-10H2,1-4H3. The third-order valence-corrected chi connectivity index (χ3v) is 3.07. The van der Waals surface area contributed by atoms with E-state index < -0.39 is 0 Å². The van der Waals surface area contributed by atoms with Crippen LogP contribution in [0.15, 0.2) is 0 Å². The maximum Gasteiger partial charge on any atom is 0.109 e. The maximum absolute atomic E-state index is 12.5. The molecule has 0 radical (unpaired) electrons. The lowest BCUT2D eigenvalue weighted by molar-refractivity contribution is 0.419. The monoisotopic (exact) mass is 255 g/mol. The fraction of sp³-hybridized carbons (Fsp3) is 0.786. The molecule has 0 saturated heterocycles. The van der Waals surface area contributed by atoms with Gasteiger partial charge in [0, 0.05) is 17.8 Å². The summed E-state index contributed by atoms with van der Waals surface area (Å²) in [5, 5.41) is 7.98. The smallest absolute Gasteiger partial charge is 0.109 e. The third-order valence-electron chi connectivity index (χ3n) is 3.07. The molecule has 0 aliphatic carbocycles. The molecule has 0 aromatic carbocycles. The van der Waals surface area contributed by atoms with Crippen molar-refractivity contribution >= 4 is 0 Å². The van der Waals surface area contributed by atoms with Gasteiger partial charge in [0.2, 0.25) is 0 Å². The normalized spacial score (nSPS) is 11.4. The zero-order chi connectivity index (χ0) is 13.5. The molecule has 0 saturated carbocycles. The number of halogens is 1. The molecular formula is C14H26FN3. The SMILES string of the molecule is CCc1nn(CCF)c(CC)c1CNCC(C)C. The average Bonchev–Trinajstić information content (AvgIpc) is 2.66. The second-order valence-corrected chi connectivity index (χ2v) is 5.02. The Kier molecular flexibility index (Phi) is 6.33. The van der Waals surface area contributed by atoms with Crippen molar-refractivity contribution in [2.24, 2.45) is 5.92 Å². The third kappa shape index (κ3) is 3.80. The molecule has 1 rings (SSSR count). The molecule has 1 heterocycles. The van der Waals surface area contributed by atoms with Gasteiger partial charge in [0.1, 0.15) is 6.67 Å². The van der Waals surface area contributed by atoms with Crippen molar-refractivity contribution in [1.29, 1.82) is 0 Å². The summed E-state index contributed by atoms with van der Waals surface area (Å²) in [6.45, 7) is 10.5. The Morgan fingerprint density at radius 1 is 1.28 bits per heavy atom. The largest absolute Gasteiger partial charge is 0.312 e. The fourth-order valence-corrected chi connectivity index (χ4v) is 2.22. The summed E-state index contributed by atoms with van der Waals surface area (Å²) in [5.41, 5.74) is 3.56. The molecule has 18 heavy (non-hydrogen) atoms. The van der Waals surface area contributed by atoms with Crippen LogP contribution >= 0.6 is 0 Å². The Morgan fingerprint density at radius 3 is 2.50 bits per heavy atom. The van der Waals surface area contributed by atoms with Crippen molar-refractivity contribution in [2.45, 2.75) is 53.6 Å². The summed E-state index contributed by atoms with van der Waals surface area (Å²) >= 11 is 0. The van der Waals surface area contributed by atoms with Gasteiger partial charge < -0.3 is 5.32 Å². The van der Waals surface area contributed by atoms with E-state index >= 15 is 0 Å². The minimum absolute atomic E-state index is 0.350. The second kappa shape index (κ2) is 7.52. The Morgan fingerprint density at radius 2 is 2.00 bits per heavy atom. The minimum Gasteiger partial charge on any atom is -0.312 e. The first-order valence-electron chi connectivity index (χ1n) is 6.98. The average molecular weight is 255 g/mol. The Labute approximate surface area is 110 Å².